The molecule has 1 atom stereocenters. The molecule has 2 amide bonds. The lowest BCUT2D eigenvalue weighted by Crippen LogP contribution is -2.43. The van der Waals surface area contributed by atoms with E-state index in [1.54, 1.807) is 24.9 Å². The number of amidine groups is 1. The monoisotopic (exact) mass is 518 g/mol. The maximum absolute atomic E-state index is 13.6. The smallest absolute Gasteiger partial charge is 0.265 e. The Morgan fingerprint density at radius 1 is 1.03 bits per heavy atom. The van der Waals surface area contributed by atoms with Gasteiger partial charge in [0.15, 0.2) is 5.17 Å². The number of ether oxygens (including phenoxy) is 1. The van der Waals surface area contributed by atoms with Gasteiger partial charge in [-0.25, -0.2) is 4.99 Å². The second-order valence-electron chi connectivity index (χ2n) is 8.43. The Labute approximate surface area is 218 Å². The average molecular weight is 519 g/mol. The number of amides is 2. The van der Waals surface area contributed by atoms with Crippen molar-refractivity contribution < 1.29 is 14.3 Å². The fourth-order valence-corrected chi connectivity index (χ4v) is 6.00. The summed E-state index contributed by atoms with van der Waals surface area (Å²) < 4.78 is 5.23. The predicted octanol–water partition coefficient (Wildman–Crippen LogP) is 5.77. The number of benzene rings is 2. The molecule has 1 unspecified atom stereocenters. The lowest BCUT2D eigenvalue weighted by Gasteiger charge is -2.41. The van der Waals surface area contributed by atoms with Gasteiger partial charge in [0.25, 0.3) is 11.8 Å². The fraction of sp³-hybridized carbons (Fsp3) is 0.222. The van der Waals surface area contributed by atoms with Gasteiger partial charge >= 0.3 is 0 Å². The van der Waals surface area contributed by atoms with Crippen LogP contribution in [-0.2, 0) is 4.79 Å². The van der Waals surface area contributed by atoms with E-state index in [0.717, 1.165) is 35.2 Å². The van der Waals surface area contributed by atoms with Crippen LogP contribution in [0.25, 0.3) is 0 Å². The van der Waals surface area contributed by atoms with Gasteiger partial charge in [0, 0.05) is 23.7 Å². The molecule has 0 aliphatic carbocycles. The highest BCUT2D eigenvalue weighted by atomic mass is 32.2. The number of thiophene rings is 1. The zero-order valence-electron chi connectivity index (χ0n) is 20.0. The number of allylic oxidation sites excluding steroid dienone is 1. The average Bonchev–Trinajstić information content (AvgIpc) is 3.44. The summed E-state index contributed by atoms with van der Waals surface area (Å²) in [6, 6.07) is 18.3. The molecule has 3 aromatic rings. The van der Waals surface area contributed by atoms with Crippen LogP contribution in [0.1, 0.15) is 34.6 Å². The number of hydrogen-bond acceptors (Lipinski definition) is 7. The zero-order chi connectivity index (χ0) is 25.1. The number of carbonyl (C=O) groups is 2. The molecule has 0 spiro atoms. The standard InChI is InChI=1S/C27H26N4O3S2/c1-17-23(26(33)29-19-9-11-21(34-2)12-10-19)24(31-13-5-15-36-27(31)28-17)18-6-3-7-20(16-18)30-25(32)22-8-4-14-35-22/h3-4,6-12,14,16,24H,5,13,15H2,1-2H3,(H,29,33)(H,30,32). The lowest BCUT2D eigenvalue weighted by molar-refractivity contribution is -0.113. The Bertz CT molecular complexity index is 1330. The van der Waals surface area contributed by atoms with Crippen molar-refractivity contribution in [1.82, 2.24) is 4.90 Å². The van der Waals surface area contributed by atoms with E-state index >= 15 is 0 Å². The Hall–Kier alpha value is -3.56. The van der Waals surface area contributed by atoms with Gasteiger partial charge in [0.1, 0.15) is 5.75 Å². The van der Waals surface area contributed by atoms with E-state index in [1.807, 2.05) is 66.9 Å². The summed E-state index contributed by atoms with van der Waals surface area (Å²) in [5.41, 5.74) is 3.58. The zero-order valence-corrected chi connectivity index (χ0v) is 21.6. The van der Waals surface area contributed by atoms with Crippen LogP contribution in [0.2, 0.25) is 0 Å². The normalized spacial score (nSPS) is 17.2. The molecule has 2 aromatic carbocycles. The SMILES string of the molecule is COc1ccc(NC(=O)C2=C(C)N=C3SCCCN3C2c2cccc(NC(=O)c3cccs3)c2)cc1. The summed E-state index contributed by atoms with van der Waals surface area (Å²) in [6.07, 6.45) is 1.00. The Morgan fingerprint density at radius 2 is 1.83 bits per heavy atom. The first-order valence-corrected chi connectivity index (χ1v) is 13.5. The van der Waals surface area contributed by atoms with Crippen LogP contribution in [0.4, 0.5) is 11.4 Å². The first-order chi connectivity index (χ1) is 17.5. The number of nitrogens with one attached hydrogen (secondary N) is 2. The molecule has 2 aliphatic rings. The van der Waals surface area contributed by atoms with Gasteiger partial charge < -0.3 is 20.3 Å². The van der Waals surface area contributed by atoms with Crippen molar-refractivity contribution in [2.45, 2.75) is 19.4 Å². The fourth-order valence-electron chi connectivity index (χ4n) is 4.37. The second-order valence-corrected chi connectivity index (χ2v) is 10.4. The molecular formula is C27H26N4O3S2. The Balaban J connectivity index is 1.48. The largest absolute Gasteiger partial charge is 0.497 e. The number of rotatable bonds is 6. The van der Waals surface area contributed by atoms with Crippen LogP contribution in [0.15, 0.2) is 82.3 Å². The van der Waals surface area contributed by atoms with E-state index in [9.17, 15) is 9.59 Å². The van der Waals surface area contributed by atoms with Gasteiger partial charge in [-0.15, -0.1) is 11.3 Å². The summed E-state index contributed by atoms with van der Waals surface area (Å²) >= 11 is 3.11. The number of carbonyl (C=O) groups excluding carboxylic acids is 2. The second kappa shape index (κ2) is 10.6. The van der Waals surface area contributed by atoms with E-state index in [0.29, 0.717) is 27.5 Å². The van der Waals surface area contributed by atoms with Gasteiger partial charge in [-0.3, -0.25) is 9.59 Å². The Kier molecular flexibility index (Phi) is 7.11. The Morgan fingerprint density at radius 3 is 2.58 bits per heavy atom. The number of thioether (sulfide) groups is 1. The summed E-state index contributed by atoms with van der Waals surface area (Å²) in [4.78, 5) is 33.9. The molecule has 0 radical (unpaired) electrons. The van der Waals surface area contributed by atoms with Crippen molar-refractivity contribution in [2.24, 2.45) is 4.99 Å². The molecule has 1 saturated heterocycles. The molecule has 5 rings (SSSR count). The molecule has 3 heterocycles. The first-order valence-electron chi connectivity index (χ1n) is 11.6. The van der Waals surface area contributed by atoms with Gasteiger partial charge in [-0.05, 0) is 66.8 Å². The summed E-state index contributed by atoms with van der Waals surface area (Å²) in [5.74, 6) is 1.37. The van der Waals surface area contributed by atoms with Crippen molar-refractivity contribution in [3.05, 3.63) is 87.8 Å². The first kappa shape index (κ1) is 24.1. The van der Waals surface area contributed by atoms with E-state index in [4.69, 9.17) is 9.73 Å². The quantitative estimate of drug-likeness (QED) is 0.433. The molecule has 1 aromatic heterocycles. The molecule has 7 nitrogen and oxygen atoms in total. The summed E-state index contributed by atoms with van der Waals surface area (Å²) in [6.45, 7) is 2.69. The van der Waals surface area contributed by atoms with Crippen LogP contribution in [-0.4, -0.2) is 41.3 Å². The van der Waals surface area contributed by atoms with E-state index in [-0.39, 0.29) is 17.9 Å². The van der Waals surface area contributed by atoms with E-state index < -0.39 is 0 Å². The molecular weight excluding hydrogens is 492 g/mol. The number of nitrogens with zero attached hydrogens (tertiary/aromatic N) is 2. The predicted molar refractivity (Wildman–Crippen MR) is 147 cm³/mol. The third-order valence-electron chi connectivity index (χ3n) is 6.06. The van der Waals surface area contributed by atoms with Gasteiger partial charge in [0.05, 0.1) is 29.3 Å². The molecule has 184 valence electrons. The molecule has 0 bridgehead atoms. The molecule has 36 heavy (non-hydrogen) atoms. The highest BCUT2D eigenvalue weighted by Gasteiger charge is 2.37. The minimum absolute atomic E-state index is 0.147. The van der Waals surface area contributed by atoms with Gasteiger partial charge in [0.2, 0.25) is 0 Å². The lowest BCUT2D eigenvalue weighted by atomic mass is 9.93. The van der Waals surface area contributed by atoms with E-state index in [1.165, 1.54) is 11.3 Å². The minimum Gasteiger partial charge on any atom is -0.497 e. The van der Waals surface area contributed by atoms with Gasteiger partial charge in [-0.1, -0.05) is 30.0 Å². The molecule has 1 fully saturated rings. The molecule has 0 saturated carbocycles. The van der Waals surface area contributed by atoms with Crippen LogP contribution in [0, 0.1) is 0 Å². The highest BCUT2D eigenvalue weighted by Crippen LogP contribution is 2.40. The topological polar surface area (TPSA) is 83.0 Å². The van der Waals surface area contributed by atoms with Crippen molar-refractivity contribution >= 4 is 51.5 Å². The van der Waals surface area contributed by atoms with Gasteiger partial charge in [-0.2, -0.15) is 0 Å². The number of hydrogen-bond donors (Lipinski definition) is 2. The van der Waals surface area contributed by atoms with Crippen LogP contribution < -0.4 is 15.4 Å². The summed E-state index contributed by atoms with van der Waals surface area (Å²) in [5, 5.41) is 8.83. The molecule has 2 aliphatic heterocycles. The maximum Gasteiger partial charge on any atom is 0.265 e. The number of methoxy groups -OCH3 is 1. The third-order valence-corrected chi connectivity index (χ3v) is 8.00. The number of fused-ring (bicyclic) bond motifs is 1. The molecule has 2 N–H and O–H groups in total. The number of anilines is 2. The van der Waals surface area contributed by atoms with Crippen molar-refractivity contribution in [3.63, 3.8) is 0 Å². The van der Waals surface area contributed by atoms with Crippen molar-refractivity contribution in [2.75, 3.05) is 30.0 Å². The van der Waals surface area contributed by atoms with E-state index in [2.05, 4.69) is 15.5 Å². The third kappa shape index (κ3) is 5.03. The van der Waals surface area contributed by atoms with Crippen molar-refractivity contribution in [3.8, 4) is 5.75 Å². The minimum atomic E-state index is -0.317. The highest BCUT2D eigenvalue weighted by molar-refractivity contribution is 8.13. The summed E-state index contributed by atoms with van der Waals surface area (Å²) in [7, 11) is 1.61. The number of aliphatic imine (C=N–C) groups is 1. The van der Waals surface area contributed by atoms with Crippen LogP contribution in [0.3, 0.4) is 0 Å². The van der Waals surface area contributed by atoms with Crippen LogP contribution >= 0.6 is 23.1 Å². The van der Waals surface area contributed by atoms with Crippen LogP contribution in [0.5, 0.6) is 5.75 Å². The maximum atomic E-state index is 13.6. The van der Waals surface area contributed by atoms with Crippen molar-refractivity contribution in [1.29, 1.82) is 0 Å². The molecule has 9 heteroatoms.